The molecule has 2 rings (SSSR count). The van der Waals surface area contributed by atoms with Crippen LogP contribution in [0.2, 0.25) is 0 Å². The maximum atomic E-state index is 12.3. The Labute approximate surface area is 153 Å². The molecule has 140 valence electrons. The van der Waals surface area contributed by atoms with E-state index in [9.17, 15) is 9.59 Å². The molecule has 1 heterocycles. The molecule has 0 bridgehead atoms. The number of nitrogens with zero attached hydrogens (tertiary/aromatic N) is 1. The molecule has 1 N–H and O–H groups in total. The van der Waals surface area contributed by atoms with E-state index in [4.69, 9.17) is 9.47 Å². The highest BCUT2D eigenvalue weighted by Crippen LogP contribution is 2.23. The van der Waals surface area contributed by atoms with E-state index in [1.54, 1.807) is 17.9 Å². The second-order valence-electron chi connectivity index (χ2n) is 6.61. The first-order chi connectivity index (χ1) is 12.3. The minimum absolute atomic E-state index is 0.155. The van der Waals surface area contributed by atoms with Gasteiger partial charge in [-0.05, 0) is 30.5 Å². The minimum Gasteiger partial charge on any atom is -0.497 e. The van der Waals surface area contributed by atoms with Crippen molar-refractivity contribution in [1.29, 1.82) is 0 Å². The number of hydrogen-bond donors (Lipinski definition) is 1. The average Bonchev–Trinajstić information content (AvgIpc) is 2.61. The molecule has 1 aromatic heterocycles. The summed E-state index contributed by atoms with van der Waals surface area (Å²) in [6.45, 7) is 5.69. The summed E-state index contributed by atoms with van der Waals surface area (Å²) in [5.74, 6) is 0.849. The number of methoxy groups -OCH3 is 1. The number of nitrogens with one attached hydrogen (secondary N) is 1. The first-order valence-electron chi connectivity index (χ1n) is 8.55. The van der Waals surface area contributed by atoms with Crippen LogP contribution in [-0.2, 0) is 11.8 Å². The van der Waals surface area contributed by atoms with Crippen LogP contribution in [0.15, 0.2) is 41.3 Å². The number of benzene rings is 1. The molecule has 1 amide bonds. The molecule has 0 aliphatic carbocycles. The second kappa shape index (κ2) is 8.56. The van der Waals surface area contributed by atoms with Crippen molar-refractivity contribution in [2.75, 3.05) is 13.7 Å². The number of pyridine rings is 1. The monoisotopic (exact) mass is 358 g/mol. The molecular weight excluding hydrogens is 332 g/mol. The van der Waals surface area contributed by atoms with Crippen LogP contribution >= 0.6 is 0 Å². The molecule has 1 atom stereocenters. The van der Waals surface area contributed by atoms with Crippen LogP contribution in [0.1, 0.15) is 31.1 Å². The highest BCUT2D eigenvalue weighted by atomic mass is 16.5. The number of ether oxygens (including phenoxy) is 2. The molecule has 0 radical (unpaired) electrons. The Morgan fingerprint density at radius 1 is 1.23 bits per heavy atom. The standard InChI is InChI=1S/C20H26N2O4/c1-13(2)20(15-6-8-16(25-5)9-7-15)21-19(24)12-26-18-11-22(4)14(3)10-17(18)23/h6-11,13,20H,12H2,1-5H3,(H,21,24)/t20-/m0/s1. The molecule has 0 saturated carbocycles. The molecule has 0 aliphatic heterocycles. The molecule has 0 saturated heterocycles. The maximum absolute atomic E-state index is 12.3. The third-order valence-electron chi connectivity index (χ3n) is 4.27. The van der Waals surface area contributed by atoms with Crippen molar-refractivity contribution in [3.8, 4) is 11.5 Å². The Kier molecular flexibility index (Phi) is 6.44. The van der Waals surface area contributed by atoms with Gasteiger partial charge in [-0.25, -0.2) is 0 Å². The van der Waals surface area contributed by atoms with Crippen molar-refractivity contribution < 1.29 is 14.3 Å². The van der Waals surface area contributed by atoms with Crippen LogP contribution in [0.3, 0.4) is 0 Å². The van der Waals surface area contributed by atoms with Crippen LogP contribution in [-0.4, -0.2) is 24.2 Å². The smallest absolute Gasteiger partial charge is 0.258 e. The predicted octanol–water partition coefficient (Wildman–Crippen LogP) is 2.59. The van der Waals surface area contributed by atoms with Gasteiger partial charge in [0.05, 0.1) is 13.2 Å². The summed E-state index contributed by atoms with van der Waals surface area (Å²) in [6, 6.07) is 8.92. The van der Waals surface area contributed by atoms with E-state index in [1.807, 2.05) is 52.1 Å². The molecule has 6 nitrogen and oxygen atoms in total. The van der Waals surface area contributed by atoms with E-state index in [0.717, 1.165) is 17.0 Å². The normalized spacial score (nSPS) is 11.9. The topological polar surface area (TPSA) is 69.6 Å². The summed E-state index contributed by atoms with van der Waals surface area (Å²) in [7, 11) is 3.43. The van der Waals surface area contributed by atoms with Gasteiger partial charge in [0, 0.05) is 25.0 Å². The maximum Gasteiger partial charge on any atom is 0.258 e. The lowest BCUT2D eigenvalue weighted by Gasteiger charge is -2.23. The lowest BCUT2D eigenvalue weighted by atomic mass is 9.96. The van der Waals surface area contributed by atoms with Crippen molar-refractivity contribution in [3.63, 3.8) is 0 Å². The minimum atomic E-state index is -0.276. The quantitative estimate of drug-likeness (QED) is 0.826. The zero-order valence-electron chi connectivity index (χ0n) is 15.9. The molecule has 1 aromatic carbocycles. The number of carbonyl (C=O) groups is 1. The summed E-state index contributed by atoms with van der Waals surface area (Å²) in [4.78, 5) is 24.3. The van der Waals surface area contributed by atoms with Gasteiger partial charge in [-0.15, -0.1) is 0 Å². The lowest BCUT2D eigenvalue weighted by molar-refractivity contribution is -0.124. The summed E-state index contributed by atoms with van der Waals surface area (Å²) in [5.41, 5.74) is 1.58. The van der Waals surface area contributed by atoms with Crippen molar-refractivity contribution in [1.82, 2.24) is 9.88 Å². The Morgan fingerprint density at radius 3 is 2.46 bits per heavy atom. The summed E-state index contributed by atoms with van der Waals surface area (Å²) in [6.07, 6.45) is 1.59. The van der Waals surface area contributed by atoms with Crippen molar-refractivity contribution in [2.45, 2.75) is 26.8 Å². The second-order valence-corrected chi connectivity index (χ2v) is 6.61. The summed E-state index contributed by atoms with van der Waals surface area (Å²) >= 11 is 0. The fourth-order valence-electron chi connectivity index (χ4n) is 2.62. The average molecular weight is 358 g/mol. The van der Waals surface area contributed by atoms with Crippen molar-refractivity contribution >= 4 is 5.91 Å². The highest BCUT2D eigenvalue weighted by Gasteiger charge is 2.19. The number of carbonyl (C=O) groups excluding carboxylic acids is 1. The largest absolute Gasteiger partial charge is 0.497 e. The van der Waals surface area contributed by atoms with Gasteiger partial charge in [-0.3, -0.25) is 9.59 Å². The first kappa shape index (κ1) is 19.6. The number of amides is 1. The summed E-state index contributed by atoms with van der Waals surface area (Å²) < 4.78 is 12.4. The van der Waals surface area contributed by atoms with E-state index in [2.05, 4.69) is 5.32 Å². The predicted molar refractivity (Wildman–Crippen MR) is 101 cm³/mol. The van der Waals surface area contributed by atoms with E-state index < -0.39 is 0 Å². The van der Waals surface area contributed by atoms with E-state index in [-0.39, 0.29) is 35.7 Å². The Balaban J connectivity index is 2.04. The van der Waals surface area contributed by atoms with Crippen LogP contribution in [0, 0.1) is 12.8 Å². The Morgan fingerprint density at radius 2 is 1.88 bits per heavy atom. The number of rotatable bonds is 7. The van der Waals surface area contributed by atoms with Crippen LogP contribution in [0.5, 0.6) is 11.5 Å². The number of hydrogen-bond acceptors (Lipinski definition) is 4. The Bertz CT molecular complexity index is 810. The lowest BCUT2D eigenvalue weighted by Crippen LogP contribution is -2.35. The van der Waals surface area contributed by atoms with Crippen molar-refractivity contribution in [3.05, 3.63) is 58.0 Å². The summed E-state index contributed by atoms with van der Waals surface area (Å²) in [5, 5.41) is 2.97. The molecule has 0 spiro atoms. The van der Waals surface area contributed by atoms with Crippen LogP contribution in [0.25, 0.3) is 0 Å². The van der Waals surface area contributed by atoms with Gasteiger partial charge in [-0.1, -0.05) is 26.0 Å². The van der Waals surface area contributed by atoms with Crippen molar-refractivity contribution in [2.24, 2.45) is 13.0 Å². The van der Waals surface area contributed by atoms with E-state index >= 15 is 0 Å². The van der Waals surface area contributed by atoms with Gasteiger partial charge >= 0.3 is 0 Å². The van der Waals surface area contributed by atoms with E-state index in [0.29, 0.717) is 0 Å². The zero-order chi connectivity index (χ0) is 19.3. The van der Waals surface area contributed by atoms with Crippen LogP contribution in [0.4, 0.5) is 0 Å². The molecule has 2 aromatic rings. The SMILES string of the molecule is COc1ccc([C@@H](NC(=O)COc2cn(C)c(C)cc2=O)C(C)C)cc1. The molecule has 0 fully saturated rings. The zero-order valence-corrected chi connectivity index (χ0v) is 15.9. The molecular formula is C20H26N2O4. The molecule has 26 heavy (non-hydrogen) atoms. The van der Waals surface area contributed by atoms with E-state index in [1.165, 1.54) is 6.07 Å². The fraction of sp³-hybridized carbons (Fsp3) is 0.400. The highest BCUT2D eigenvalue weighted by molar-refractivity contribution is 5.78. The number of aromatic nitrogens is 1. The molecule has 0 unspecified atom stereocenters. The van der Waals surface area contributed by atoms with Gasteiger partial charge < -0.3 is 19.4 Å². The first-order valence-corrected chi connectivity index (χ1v) is 8.55. The third-order valence-corrected chi connectivity index (χ3v) is 4.27. The fourth-order valence-corrected chi connectivity index (χ4v) is 2.62. The Hall–Kier alpha value is -2.76. The number of aryl methyl sites for hydroxylation is 2. The molecule has 0 aliphatic rings. The third kappa shape index (κ3) is 4.88. The van der Waals surface area contributed by atoms with Gasteiger partial charge in [0.15, 0.2) is 12.4 Å². The van der Waals surface area contributed by atoms with Gasteiger partial charge in [0.1, 0.15) is 5.75 Å². The van der Waals surface area contributed by atoms with Gasteiger partial charge in [-0.2, -0.15) is 0 Å². The van der Waals surface area contributed by atoms with Crippen LogP contribution < -0.4 is 20.2 Å². The molecule has 6 heteroatoms. The van der Waals surface area contributed by atoms with Gasteiger partial charge in [0.2, 0.25) is 5.43 Å². The van der Waals surface area contributed by atoms with Gasteiger partial charge in [0.25, 0.3) is 5.91 Å².